The molecule has 1 heterocycles. The summed E-state index contributed by atoms with van der Waals surface area (Å²) in [5, 5.41) is 3.92. The number of hydrazine groups is 1. The molecule has 0 unspecified atom stereocenters. The minimum atomic E-state index is -0.180. The Hall–Kier alpha value is 0.126. The van der Waals surface area contributed by atoms with E-state index in [0.717, 1.165) is 15.3 Å². The monoisotopic (exact) mass is 350 g/mol. The molecule has 20 heavy (non-hydrogen) atoms. The van der Waals surface area contributed by atoms with Crippen molar-refractivity contribution in [2.75, 3.05) is 11.9 Å². The number of rotatable bonds is 4. The fourth-order valence-electron chi connectivity index (χ4n) is 1.41. The summed E-state index contributed by atoms with van der Waals surface area (Å²) in [5.41, 5.74) is 5.78. The first-order valence-corrected chi connectivity index (χ1v) is 7.14. The quantitative estimate of drug-likeness (QED) is 0.272. The van der Waals surface area contributed by atoms with Crippen LogP contribution in [-0.4, -0.2) is 21.8 Å². The Morgan fingerprint density at radius 2 is 2.10 bits per heavy atom. The summed E-state index contributed by atoms with van der Waals surface area (Å²) >= 11 is 10.8. The standard InChI is InChI=1S/C11H12N4OS3.K/c16-9(14-15-11(17)18)5-6-12-10-13-7-3-1-2-4-8(7)19-10;/h1-4H,5-6H2,(H,12,13)(H,14,16)(H2,15,17,18);/q;+1/p-1. The van der Waals surface area contributed by atoms with Crippen LogP contribution < -0.4 is 67.6 Å². The smallest absolute Gasteiger partial charge is 0.410 e. The molecule has 0 atom stereocenters. The van der Waals surface area contributed by atoms with Gasteiger partial charge in [0, 0.05) is 13.0 Å². The second-order valence-corrected chi connectivity index (χ2v) is 5.73. The Bertz CT molecular complexity index is 571. The van der Waals surface area contributed by atoms with Gasteiger partial charge in [-0.2, -0.15) is 0 Å². The Morgan fingerprint density at radius 3 is 2.80 bits per heavy atom. The summed E-state index contributed by atoms with van der Waals surface area (Å²) in [6.45, 7) is 0.498. The van der Waals surface area contributed by atoms with Gasteiger partial charge in [-0.3, -0.25) is 10.2 Å². The number of nitrogens with zero attached hydrogens (tertiary/aromatic N) is 1. The van der Waals surface area contributed by atoms with Crippen LogP contribution in [0.3, 0.4) is 0 Å². The van der Waals surface area contributed by atoms with Gasteiger partial charge in [-0.25, -0.2) is 4.98 Å². The van der Waals surface area contributed by atoms with E-state index in [2.05, 4.69) is 46.0 Å². The summed E-state index contributed by atoms with van der Waals surface area (Å²) < 4.78 is 1.24. The Kier molecular flexibility index (Phi) is 8.37. The van der Waals surface area contributed by atoms with E-state index in [4.69, 9.17) is 0 Å². The molecule has 9 heteroatoms. The predicted octanol–water partition coefficient (Wildman–Crippen LogP) is -1.45. The summed E-state index contributed by atoms with van der Waals surface area (Å²) in [4.78, 5) is 15.8. The first kappa shape index (κ1) is 18.2. The fraction of sp³-hybridized carbons (Fsp3) is 0.182. The molecule has 5 nitrogen and oxygen atoms in total. The van der Waals surface area contributed by atoms with E-state index in [9.17, 15) is 4.79 Å². The van der Waals surface area contributed by atoms with Crippen molar-refractivity contribution in [1.29, 1.82) is 0 Å². The molecule has 1 amide bonds. The molecular formula is C11H11KN4OS3. The maximum absolute atomic E-state index is 11.4. The van der Waals surface area contributed by atoms with Crippen LogP contribution in [0.5, 0.6) is 0 Å². The number of thiazole rings is 1. The first-order valence-electron chi connectivity index (χ1n) is 5.50. The number of carbonyl (C=O) groups excluding carboxylic acids is 1. The average Bonchev–Trinajstić information content (AvgIpc) is 2.79. The predicted molar refractivity (Wildman–Crippen MR) is 84.0 cm³/mol. The van der Waals surface area contributed by atoms with Gasteiger partial charge in [-0.1, -0.05) is 23.5 Å². The van der Waals surface area contributed by atoms with E-state index in [0.29, 0.717) is 13.0 Å². The molecule has 0 aliphatic carbocycles. The molecule has 0 saturated heterocycles. The minimum absolute atomic E-state index is 0. The molecule has 0 radical (unpaired) electrons. The van der Waals surface area contributed by atoms with Crippen molar-refractivity contribution in [2.45, 2.75) is 6.42 Å². The second kappa shape index (κ2) is 9.21. The van der Waals surface area contributed by atoms with Crippen LogP contribution in [0.25, 0.3) is 10.2 Å². The molecule has 0 saturated carbocycles. The Labute approximate surface area is 174 Å². The summed E-state index contributed by atoms with van der Waals surface area (Å²) in [6, 6.07) is 7.89. The van der Waals surface area contributed by atoms with Gasteiger partial charge in [-0.15, -0.1) is 0 Å². The first-order chi connectivity index (χ1) is 9.15. The molecule has 1 aromatic heterocycles. The van der Waals surface area contributed by atoms with Crippen LogP contribution in [0.1, 0.15) is 6.42 Å². The van der Waals surface area contributed by atoms with Crippen molar-refractivity contribution < 1.29 is 56.2 Å². The number of aromatic nitrogens is 1. The van der Waals surface area contributed by atoms with E-state index in [-0.39, 0.29) is 61.6 Å². The van der Waals surface area contributed by atoms with E-state index >= 15 is 0 Å². The largest absolute Gasteiger partial charge is 1.00 e. The van der Waals surface area contributed by atoms with Crippen LogP contribution in [0.2, 0.25) is 0 Å². The van der Waals surface area contributed by atoms with Crippen molar-refractivity contribution in [3.63, 3.8) is 0 Å². The molecule has 1 aromatic carbocycles. The van der Waals surface area contributed by atoms with Gasteiger partial charge < -0.3 is 35.6 Å². The van der Waals surface area contributed by atoms with Crippen molar-refractivity contribution in [2.24, 2.45) is 0 Å². The van der Waals surface area contributed by atoms with Gasteiger partial charge in [0.25, 0.3) is 0 Å². The molecule has 0 fully saturated rings. The molecule has 3 N–H and O–H groups in total. The molecule has 100 valence electrons. The van der Waals surface area contributed by atoms with Crippen LogP contribution >= 0.6 is 23.6 Å². The third kappa shape index (κ3) is 5.86. The number of hydrogen-bond acceptors (Lipinski definition) is 6. The molecule has 2 rings (SSSR count). The number of benzene rings is 1. The number of fused-ring (bicyclic) bond motifs is 1. The summed E-state index contributed by atoms with van der Waals surface area (Å²) in [7, 11) is 0. The number of carbonyl (C=O) groups is 1. The Balaban J connectivity index is 0.00000200. The second-order valence-electron chi connectivity index (χ2n) is 3.62. The molecule has 0 aliphatic heterocycles. The SMILES string of the molecule is O=C(CCNc1nc2ccccc2s1)NNC(=S)[S-].[K+]. The minimum Gasteiger partial charge on any atom is -0.410 e. The molecule has 0 bridgehead atoms. The average molecular weight is 351 g/mol. The third-order valence-corrected chi connectivity index (χ3v) is 3.42. The van der Waals surface area contributed by atoms with E-state index in [1.54, 1.807) is 11.3 Å². The van der Waals surface area contributed by atoms with Gasteiger partial charge in [0.15, 0.2) is 5.13 Å². The van der Waals surface area contributed by atoms with Crippen LogP contribution in [0, 0.1) is 0 Å². The topological polar surface area (TPSA) is 66.0 Å². The number of nitrogens with one attached hydrogen (secondary N) is 3. The number of amides is 1. The van der Waals surface area contributed by atoms with E-state index in [1.165, 1.54) is 0 Å². The number of para-hydroxylation sites is 1. The number of hydrogen-bond donors (Lipinski definition) is 3. The van der Waals surface area contributed by atoms with Gasteiger partial charge in [0.2, 0.25) is 5.91 Å². The van der Waals surface area contributed by atoms with Crippen LogP contribution in [0.15, 0.2) is 24.3 Å². The molecule has 2 aromatic rings. The molecule has 0 aliphatic rings. The Morgan fingerprint density at radius 1 is 1.35 bits per heavy atom. The van der Waals surface area contributed by atoms with Gasteiger partial charge >= 0.3 is 51.4 Å². The van der Waals surface area contributed by atoms with Crippen molar-refractivity contribution >= 4 is 61.8 Å². The van der Waals surface area contributed by atoms with Crippen LogP contribution in [-0.2, 0) is 17.4 Å². The van der Waals surface area contributed by atoms with E-state index < -0.39 is 0 Å². The van der Waals surface area contributed by atoms with Crippen molar-refractivity contribution in [3.05, 3.63) is 24.3 Å². The zero-order valence-corrected chi connectivity index (χ0v) is 16.4. The van der Waals surface area contributed by atoms with Gasteiger partial charge in [0.05, 0.1) is 10.2 Å². The van der Waals surface area contributed by atoms with Crippen molar-refractivity contribution in [1.82, 2.24) is 15.8 Å². The fourth-order valence-corrected chi connectivity index (χ4v) is 2.41. The zero-order valence-electron chi connectivity index (χ0n) is 10.8. The maximum atomic E-state index is 11.4. The van der Waals surface area contributed by atoms with Gasteiger partial charge in [0.1, 0.15) is 0 Å². The van der Waals surface area contributed by atoms with Gasteiger partial charge in [-0.05, 0) is 16.5 Å². The molecular weight excluding hydrogens is 339 g/mol. The van der Waals surface area contributed by atoms with E-state index in [1.807, 2.05) is 24.3 Å². The third-order valence-electron chi connectivity index (χ3n) is 2.23. The zero-order chi connectivity index (χ0) is 13.7. The molecule has 0 spiro atoms. The number of thiocarbonyl (C=S) groups is 1. The summed E-state index contributed by atoms with van der Waals surface area (Å²) in [5.74, 6) is -0.180. The maximum Gasteiger partial charge on any atom is 1.00 e. The summed E-state index contributed by atoms with van der Waals surface area (Å²) in [6.07, 6.45) is 0.306. The van der Waals surface area contributed by atoms with Crippen molar-refractivity contribution in [3.8, 4) is 0 Å². The van der Waals surface area contributed by atoms with Crippen LogP contribution in [0.4, 0.5) is 5.13 Å². The number of anilines is 1. The normalized spacial score (nSPS) is 9.60.